The van der Waals surface area contributed by atoms with E-state index in [1.807, 2.05) is 18.5 Å². The minimum absolute atomic E-state index is 0.362. The first kappa shape index (κ1) is 12.6. The van der Waals surface area contributed by atoms with E-state index in [1.54, 1.807) is 11.3 Å². The van der Waals surface area contributed by atoms with E-state index < -0.39 is 0 Å². The molecule has 15 heavy (non-hydrogen) atoms. The van der Waals surface area contributed by atoms with Crippen LogP contribution in [0.1, 0.15) is 38.2 Å². The predicted molar refractivity (Wildman–Crippen MR) is 64.2 cm³/mol. The molecule has 2 atom stereocenters. The molecule has 0 aliphatic carbocycles. The molecule has 1 aromatic heterocycles. The lowest BCUT2D eigenvalue weighted by molar-refractivity contribution is 0.123. The van der Waals surface area contributed by atoms with Gasteiger partial charge in [-0.3, -0.25) is 0 Å². The van der Waals surface area contributed by atoms with Crippen molar-refractivity contribution in [1.82, 2.24) is 10.3 Å². The van der Waals surface area contributed by atoms with E-state index in [4.69, 9.17) is 4.74 Å². The van der Waals surface area contributed by atoms with Gasteiger partial charge < -0.3 is 10.1 Å². The van der Waals surface area contributed by atoms with Gasteiger partial charge in [-0.15, -0.1) is 11.3 Å². The lowest BCUT2D eigenvalue weighted by atomic mass is 10.2. The van der Waals surface area contributed by atoms with Crippen LogP contribution in [0.4, 0.5) is 0 Å². The van der Waals surface area contributed by atoms with E-state index in [9.17, 15) is 0 Å². The van der Waals surface area contributed by atoms with Crippen LogP contribution in [0, 0.1) is 0 Å². The molecule has 1 N–H and O–H groups in total. The van der Waals surface area contributed by atoms with Gasteiger partial charge in [0.1, 0.15) is 5.01 Å². The van der Waals surface area contributed by atoms with Gasteiger partial charge in [0, 0.05) is 24.2 Å². The van der Waals surface area contributed by atoms with Crippen molar-refractivity contribution < 1.29 is 4.74 Å². The van der Waals surface area contributed by atoms with Crippen molar-refractivity contribution >= 4 is 11.3 Å². The van der Waals surface area contributed by atoms with Crippen LogP contribution in [0.25, 0.3) is 0 Å². The second-order valence-corrected chi connectivity index (χ2v) is 4.48. The molecule has 0 saturated heterocycles. The summed E-state index contributed by atoms with van der Waals surface area (Å²) < 4.78 is 5.38. The van der Waals surface area contributed by atoms with Crippen LogP contribution in [-0.2, 0) is 4.74 Å². The molecule has 0 spiro atoms. The Kier molecular flexibility index (Phi) is 5.83. The molecule has 0 bridgehead atoms. The van der Waals surface area contributed by atoms with E-state index in [0.717, 1.165) is 19.6 Å². The largest absolute Gasteiger partial charge is 0.380 e. The topological polar surface area (TPSA) is 34.1 Å². The summed E-state index contributed by atoms with van der Waals surface area (Å²) in [7, 11) is 0. The number of nitrogens with one attached hydrogen (secondary N) is 1. The molecule has 3 nitrogen and oxygen atoms in total. The number of hydrogen-bond donors (Lipinski definition) is 1. The Labute approximate surface area is 95.9 Å². The van der Waals surface area contributed by atoms with Gasteiger partial charge in [-0.25, -0.2) is 4.98 Å². The van der Waals surface area contributed by atoms with Crippen LogP contribution >= 0.6 is 11.3 Å². The monoisotopic (exact) mass is 228 g/mol. The second kappa shape index (κ2) is 6.93. The first-order valence-corrected chi connectivity index (χ1v) is 6.39. The van der Waals surface area contributed by atoms with Gasteiger partial charge in [-0.2, -0.15) is 0 Å². The van der Waals surface area contributed by atoms with Gasteiger partial charge >= 0.3 is 0 Å². The zero-order valence-corrected chi connectivity index (χ0v) is 10.5. The molecule has 86 valence electrons. The van der Waals surface area contributed by atoms with Crippen molar-refractivity contribution in [1.29, 1.82) is 0 Å². The number of thiazole rings is 1. The third-order valence-corrected chi connectivity index (χ3v) is 3.10. The van der Waals surface area contributed by atoms with Gasteiger partial charge in [0.05, 0.1) is 12.6 Å². The summed E-state index contributed by atoms with van der Waals surface area (Å²) in [6.45, 7) is 7.88. The molecule has 0 radical (unpaired) electrons. The minimum atomic E-state index is 0.362. The summed E-state index contributed by atoms with van der Waals surface area (Å²) in [4.78, 5) is 4.34. The molecule has 0 saturated carbocycles. The number of nitrogens with zero attached hydrogens (tertiary/aromatic N) is 1. The summed E-state index contributed by atoms with van der Waals surface area (Å²) in [5, 5.41) is 6.71. The highest BCUT2D eigenvalue weighted by atomic mass is 32.1. The Balaban J connectivity index is 2.40. The summed E-state index contributed by atoms with van der Waals surface area (Å²) in [5.41, 5.74) is 0. The fourth-order valence-corrected chi connectivity index (χ4v) is 2.24. The Hall–Kier alpha value is -0.450. The Morgan fingerprint density at radius 3 is 2.87 bits per heavy atom. The standard InChI is InChI=1S/C11H20N2OS/c1-4-10(11-12-6-7-15-11)13-9(3)8-14-5-2/h6-7,9-10,13H,4-5,8H2,1-3H3. The fraction of sp³-hybridized carbons (Fsp3) is 0.727. The highest BCUT2D eigenvalue weighted by Gasteiger charge is 2.14. The Morgan fingerprint density at radius 1 is 1.53 bits per heavy atom. The van der Waals surface area contributed by atoms with Crippen molar-refractivity contribution in [3.8, 4) is 0 Å². The second-order valence-electron chi connectivity index (χ2n) is 3.56. The normalized spacial score (nSPS) is 15.1. The van der Waals surface area contributed by atoms with Crippen LogP contribution in [0.15, 0.2) is 11.6 Å². The molecular weight excluding hydrogens is 208 g/mol. The van der Waals surface area contributed by atoms with Crippen LogP contribution in [0.5, 0.6) is 0 Å². The molecule has 1 heterocycles. The van der Waals surface area contributed by atoms with Crippen molar-refractivity contribution in [3.63, 3.8) is 0 Å². The van der Waals surface area contributed by atoms with Crippen molar-refractivity contribution in [2.75, 3.05) is 13.2 Å². The van der Waals surface area contributed by atoms with Gasteiger partial charge in [0.2, 0.25) is 0 Å². The van der Waals surface area contributed by atoms with Crippen LogP contribution in [-0.4, -0.2) is 24.2 Å². The summed E-state index contributed by atoms with van der Waals surface area (Å²) in [6.07, 6.45) is 2.92. The molecule has 0 aliphatic heterocycles. The summed E-state index contributed by atoms with van der Waals surface area (Å²) in [5.74, 6) is 0. The molecular formula is C11H20N2OS. The summed E-state index contributed by atoms with van der Waals surface area (Å²) in [6, 6.07) is 0.735. The average Bonchev–Trinajstić information content (AvgIpc) is 2.76. The summed E-state index contributed by atoms with van der Waals surface area (Å²) >= 11 is 1.71. The lowest BCUT2D eigenvalue weighted by Crippen LogP contribution is -2.33. The number of rotatable bonds is 7. The molecule has 4 heteroatoms. The molecule has 1 aromatic rings. The van der Waals surface area contributed by atoms with Gasteiger partial charge in [-0.1, -0.05) is 6.92 Å². The van der Waals surface area contributed by atoms with Gasteiger partial charge in [-0.05, 0) is 20.3 Å². The molecule has 0 aromatic carbocycles. The molecule has 0 amide bonds. The van der Waals surface area contributed by atoms with Crippen molar-refractivity contribution in [3.05, 3.63) is 16.6 Å². The van der Waals surface area contributed by atoms with Crippen LogP contribution < -0.4 is 5.32 Å². The first-order chi connectivity index (χ1) is 7.27. The number of ether oxygens (including phenoxy) is 1. The maximum absolute atomic E-state index is 5.38. The van der Waals surface area contributed by atoms with Gasteiger partial charge in [0.15, 0.2) is 0 Å². The minimum Gasteiger partial charge on any atom is -0.380 e. The average molecular weight is 228 g/mol. The number of aromatic nitrogens is 1. The smallest absolute Gasteiger partial charge is 0.109 e. The zero-order valence-electron chi connectivity index (χ0n) is 9.69. The SMILES string of the molecule is CCOCC(C)NC(CC)c1nccs1. The fourth-order valence-electron chi connectivity index (χ4n) is 1.46. The predicted octanol–water partition coefficient (Wildman–Crippen LogP) is 2.61. The van der Waals surface area contributed by atoms with E-state index in [0.29, 0.717) is 12.1 Å². The van der Waals surface area contributed by atoms with E-state index >= 15 is 0 Å². The molecule has 1 rings (SSSR count). The maximum Gasteiger partial charge on any atom is 0.109 e. The highest BCUT2D eigenvalue weighted by Crippen LogP contribution is 2.19. The van der Waals surface area contributed by atoms with E-state index in [2.05, 4.69) is 24.1 Å². The highest BCUT2D eigenvalue weighted by molar-refractivity contribution is 7.09. The molecule has 0 aliphatic rings. The molecule has 0 fully saturated rings. The third-order valence-electron chi connectivity index (χ3n) is 2.22. The van der Waals surface area contributed by atoms with E-state index in [1.165, 1.54) is 5.01 Å². The number of hydrogen-bond acceptors (Lipinski definition) is 4. The van der Waals surface area contributed by atoms with E-state index in [-0.39, 0.29) is 0 Å². The third kappa shape index (κ3) is 4.28. The Bertz CT molecular complexity index is 251. The first-order valence-electron chi connectivity index (χ1n) is 5.51. The Morgan fingerprint density at radius 2 is 2.33 bits per heavy atom. The van der Waals surface area contributed by atoms with Crippen LogP contribution in [0.3, 0.4) is 0 Å². The maximum atomic E-state index is 5.38. The zero-order chi connectivity index (χ0) is 11.1. The van der Waals surface area contributed by atoms with Crippen molar-refractivity contribution in [2.45, 2.75) is 39.3 Å². The van der Waals surface area contributed by atoms with Crippen LogP contribution in [0.2, 0.25) is 0 Å². The lowest BCUT2D eigenvalue weighted by Gasteiger charge is -2.20. The van der Waals surface area contributed by atoms with Crippen molar-refractivity contribution in [2.24, 2.45) is 0 Å². The van der Waals surface area contributed by atoms with Gasteiger partial charge in [0.25, 0.3) is 0 Å². The molecule has 2 unspecified atom stereocenters. The quantitative estimate of drug-likeness (QED) is 0.779.